The van der Waals surface area contributed by atoms with Gasteiger partial charge in [-0.05, 0) is 26.0 Å². The van der Waals surface area contributed by atoms with Crippen LogP contribution < -0.4 is 5.32 Å². The van der Waals surface area contributed by atoms with E-state index < -0.39 is 0 Å². The van der Waals surface area contributed by atoms with Crippen LogP contribution >= 0.6 is 11.6 Å². The number of rotatable bonds is 9. The topological polar surface area (TPSA) is 41.5 Å². The molecule has 23 heavy (non-hydrogen) atoms. The lowest BCUT2D eigenvalue weighted by Gasteiger charge is -2.04. The fourth-order valence-electron chi connectivity index (χ4n) is 1.46. The van der Waals surface area contributed by atoms with Crippen LogP contribution in [0.5, 0.6) is 0 Å². The summed E-state index contributed by atoms with van der Waals surface area (Å²) in [6.07, 6.45) is 14.0. The highest BCUT2D eigenvalue weighted by Gasteiger charge is 2.04. The van der Waals surface area contributed by atoms with Crippen molar-refractivity contribution in [1.29, 1.82) is 0 Å². The Balaban J connectivity index is 4.80. The van der Waals surface area contributed by atoms with E-state index in [-0.39, 0.29) is 5.91 Å². The summed E-state index contributed by atoms with van der Waals surface area (Å²) in [5, 5.41) is 3.11. The molecular formula is C19H23ClN2O. The number of amides is 1. The predicted molar refractivity (Wildman–Crippen MR) is 101 cm³/mol. The van der Waals surface area contributed by atoms with Crippen LogP contribution in [0.3, 0.4) is 0 Å². The SMILES string of the molecule is C=C/C=C(\C)C(=O)N/C=C/C=C(Cl)\C(=C/C)C(=C)N=CCC=C. The summed E-state index contributed by atoms with van der Waals surface area (Å²) in [4.78, 5) is 15.8. The number of halogens is 1. The lowest BCUT2D eigenvalue weighted by Crippen LogP contribution is -2.17. The fraction of sp³-hybridized carbons (Fsp3) is 0.158. The highest BCUT2D eigenvalue weighted by molar-refractivity contribution is 6.32. The number of hydrogen-bond donors (Lipinski definition) is 1. The van der Waals surface area contributed by atoms with Crippen LogP contribution in [0.25, 0.3) is 0 Å². The van der Waals surface area contributed by atoms with Crippen molar-refractivity contribution in [3.05, 3.63) is 84.3 Å². The third-order valence-corrected chi connectivity index (χ3v) is 2.98. The molecular weight excluding hydrogens is 308 g/mol. The van der Waals surface area contributed by atoms with Crippen molar-refractivity contribution >= 4 is 23.7 Å². The van der Waals surface area contributed by atoms with E-state index in [0.717, 1.165) is 5.57 Å². The molecule has 1 amide bonds. The lowest BCUT2D eigenvalue weighted by molar-refractivity contribution is -0.116. The van der Waals surface area contributed by atoms with Gasteiger partial charge in [0.25, 0.3) is 5.91 Å². The van der Waals surface area contributed by atoms with E-state index in [0.29, 0.717) is 22.7 Å². The summed E-state index contributed by atoms with van der Waals surface area (Å²) in [7, 11) is 0. The first-order chi connectivity index (χ1) is 11.0. The van der Waals surface area contributed by atoms with Gasteiger partial charge in [0.1, 0.15) is 0 Å². The molecule has 4 heteroatoms. The average Bonchev–Trinajstić information content (AvgIpc) is 2.52. The Bertz CT molecular complexity index is 605. The Labute approximate surface area is 143 Å². The second kappa shape index (κ2) is 12.2. The second-order valence-electron chi connectivity index (χ2n) is 4.42. The molecule has 0 aliphatic rings. The van der Waals surface area contributed by atoms with E-state index in [1.165, 1.54) is 6.20 Å². The van der Waals surface area contributed by atoms with Gasteiger partial charge >= 0.3 is 0 Å². The van der Waals surface area contributed by atoms with E-state index in [4.69, 9.17) is 11.6 Å². The number of carbonyl (C=O) groups excluding carboxylic acids is 1. The number of allylic oxidation sites excluding steroid dienone is 7. The van der Waals surface area contributed by atoms with Crippen molar-refractivity contribution < 1.29 is 4.79 Å². The molecule has 3 nitrogen and oxygen atoms in total. The summed E-state index contributed by atoms with van der Waals surface area (Å²) in [5.74, 6) is -0.199. The Kier molecular flexibility index (Phi) is 10.9. The zero-order chi connectivity index (χ0) is 17.7. The van der Waals surface area contributed by atoms with Crippen LogP contribution in [-0.4, -0.2) is 12.1 Å². The number of nitrogens with zero attached hydrogens (tertiary/aromatic N) is 1. The third-order valence-electron chi connectivity index (χ3n) is 2.66. The van der Waals surface area contributed by atoms with Gasteiger partial charge in [0.2, 0.25) is 0 Å². The Morgan fingerprint density at radius 2 is 2.00 bits per heavy atom. The molecule has 0 heterocycles. The summed E-state index contributed by atoms with van der Waals surface area (Å²) < 4.78 is 0. The zero-order valence-corrected chi connectivity index (χ0v) is 14.4. The molecule has 0 saturated heterocycles. The maximum atomic E-state index is 11.6. The molecule has 0 saturated carbocycles. The highest BCUT2D eigenvalue weighted by Crippen LogP contribution is 2.22. The fourth-order valence-corrected chi connectivity index (χ4v) is 1.75. The number of carbonyl (C=O) groups is 1. The predicted octanol–water partition coefficient (Wildman–Crippen LogP) is 4.98. The van der Waals surface area contributed by atoms with Gasteiger partial charge in [-0.1, -0.05) is 49.1 Å². The van der Waals surface area contributed by atoms with Crippen LogP contribution in [0.4, 0.5) is 0 Å². The molecule has 0 aromatic rings. The van der Waals surface area contributed by atoms with Gasteiger partial charge in [0.05, 0.1) is 5.70 Å². The maximum Gasteiger partial charge on any atom is 0.250 e. The molecule has 122 valence electrons. The minimum atomic E-state index is -0.199. The van der Waals surface area contributed by atoms with Crippen molar-refractivity contribution in [1.82, 2.24) is 5.32 Å². The van der Waals surface area contributed by atoms with E-state index in [1.807, 2.05) is 13.0 Å². The zero-order valence-electron chi connectivity index (χ0n) is 13.7. The molecule has 0 spiro atoms. The van der Waals surface area contributed by atoms with Crippen LogP contribution in [0.1, 0.15) is 20.3 Å². The van der Waals surface area contributed by atoms with Gasteiger partial charge in [-0.2, -0.15) is 0 Å². The normalized spacial score (nSPS) is 13.4. The van der Waals surface area contributed by atoms with Gasteiger partial charge < -0.3 is 5.32 Å². The van der Waals surface area contributed by atoms with Gasteiger partial charge in [-0.15, -0.1) is 6.58 Å². The summed E-state index contributed by atoms with van der Waals surface area (Å²) >= 11 is 6.23. The Hall–Kier alpha value is -2.39. The van der Waals surface area contributed by atoms with Crippen LogP contribution in [0.15, 0.2) is 89.3 Å². The maximum absolute atomic E-state index is 11.6. The quantitative estimate of drug-likeness (QED) is 0.275. The number of hydrogen-bond acceptors (Lipinski definition) is 2. The largest absolute Gasteiger partial charge is 0.329 e. The highest BCUT2D eigenvalue weighted by atomic mass is 35.5. The molecule has 0 unspecified atom stereocenters. The van der Waals surface area contributed by atoms with Crippen molar-refractivity contribution in [3.63, 3.8) is 0 Å². The number of aliphatic imine (C=N–C) groups is 1. The molecule has 0 aliphatic carbocycles. The monoisotopic (exact) mass is 330 g/mol. The smallest absolute Gasteiger partial charge is 0.250 e. The van der Waals surface area contributed by atoms with Gasteiger partial charge in [-0.25, -0.2) is 0 Å². The molecule has 1 N–H and O–H groups in total. The van der Waals surface area contributed by atoms with E-state index in [1.54, 1.807) is 43.5 Å². The molecule has 0 bridgehead atoms. The minimum Gasteiger partial charge on any atom is -0.329 e. The van der Waals surface area contributed by atoms with Gasteiger partial charge in [-0.3, -0.25) is 9.79 Å². The van der Waals surface area contributed by atoms with Gasteiger partial charge in [0, 0.05) is 35.0 Å². The molecule has 0 radical (unpaired) electrons. The Morgan fingerprint density at radius 3 is 2.57 bits per heavy atom. The first-order valence-corrected chi connectivity index (χ1v) is 7.47. The standard InChI is InChI=1S/C19H23ClN2O/c1-6-9-13-21-16(5)17(8-3)18(20)12-10-14-22-19(23)15(4)11-7-2/h6-8,10-14H,1-2,5,9H2,3-4H3,(H,22,23)/b14-10+,15-11+,17-8-,18-12+,21-13?. The van der Waals surface area contributed by atoms with Crippen LogP contribution in [0.2, 0.25) is 0 Å². The molecule has 0 aliphatic heterocycles. The van der Waals surface area contributed by atoms with Crippen molar-refractivity contribution in [2.24, 2.45) is 4.99 Å². The molecule has 0 aromatic heterocycles. The summed E-state index contributed by atoms with van der Waals surface area (Å²) in [6.45, 7) is 14.6. The van der Waals surface area contributed by atoms with Gasteiger partial charge in [0.15, 0.2) is 0 Å². The summed E-state index contributed by atoms with van der Waals surface area (Å²) in [5.41, 5.74) is 1.86. The van der Waals surface area contributed by atoms with Crippen molar-refractivity contribution in [2.75, 3.05) is 0 Å². The summed E-state index contributed by atoms with van der Waals surface area (Å²) in [6, 6.07) is 0. The average molecular weight is 331 g/mol. The molecule has 0 atom stereocenters. The van der Waals surface area contributed by atoms with E-state index in [9.17, 15) is 4.79 Å². The first kappa shape index (κ1) is 20.6. The van der Waals surface area contributed by atoms with E-state index >= 15 is 0 Å². The molecule has 0 fully saturated rings. The molecule has 0 aromatic carbocycles. The first-order valence-electron chi connectivity index (χ1n) is 7.09. The lowest BCUT2D eigenvalue weighted by atomic mass is 10.2. The van der Waals surface area contributed by atoms with Crippen LogP contribution in [-0.2, 0) is 4.79 Å². The van der Waals surface area contributed by atoms with Crippen molar-refractivity contribution in [2.45, 2.75) is 20.3 Å². The minimum absolute atomic E-state index is 0.199. The number of nitrogens with one attached hydrogen (secondary N) is 1. The second-order valence-corrected chi connectivity index (χ2v) is 4.82. The Morgan fingerprint density at radius 1 is 1.30 bits per heavy atom. The molecule has 0 rings (SSSR count). The third kappa shape index (κ3) is 8.59. The van der Waals surface area contributed by atoms with Crippen molar-refractivity contribution in [3.8, 4) is 0 Å². The van der Waals surface area contributed by atoms with E-state index in [2.05, 4.69) is 30.0 Å². The van der Waals surface area contributed by atoms with Crippen LogP contribution in [0, 0.1) is 0 Å².